The quantitative estimate of drug-likeness (QED) is 0.434. The van der Waals surface area contributed by atoms with Crippen molar-refractivity contribution in [3.8, 4) is 11.8 Å². The molecule has 0 radical (unpaired) electrons. The average Bonchev–Trinajstić information content (AvgIpc) is 2.83. The van der Waals surface area contributed by atoms with Gasteiger partial charge in [0.1, 0.15) is 11.5 Å². The molecule has 1 fully saturated rings. The Morgan fingerprint density at radius 1 is 0.848 bits per heavy atom. The van der Waals surface area contributed by atoms with Gasteiger partial charge in [-0.3, -0.25) is 4.79 Å². The number of piperazine rings is 1. The summed E-state index contributed by atoms with van der Waals surface area (Å²) >= 11 is 0. The first-order chi connectivity index (χ1) is 15.8. The van der Waals surface area contributed by atoms with E-state index in [9.17, 15) is 22.4 Å². The highest BCUT2D eigenvalue weighted by Crippen LogP contribution is 2.32. The van der Waals surface area contributed by atoms with Crippen LogP contribution in [0.2, 0.25) is 0 Å². The highest BCUT2D eigenvalue weighted by atomic mass is 19.4. The van der Waals surface area contributed by atoms with Gasteiger partial charge < -0.3 is 9.80 Å². The summed E-state index contributed by atoms with van der Waals surface area (Å²) in [6, 6.07) is 14.0. The number of carbonyl (C=O) groups is 1. The Balaban J connectivity index is 1.39. The Hall–Kier alpha value is -3.93. The predicted molar refractivity (Wildman–Crippen MR) is 114 cm³/mol. The Kier molecular flexibility index (Phi) is 6.27. The molecular weight excluding hydrogens is 436 g/mol. The second kappa shape index (κ2) is 9.28. The van der Waals surface area contributed by atoms with E-state index in [4.69, 9.17) is 0 Å². The lowest BCUT2D eigenvalue weighted by molar-refractivity contribution is -0.138. The van der Waals surface area contributed by atoms with Gasteiger partial charge in [-0.2, -0.15) is 13.2 Å². The summed E-state index contributed by atoms with van der Waals surface area (Å²) < 4.78 is 52.7. The van der Waals surface area contributed by atoms with E-state index in [0.29, 0.717) is 30.2 Å². The van der Waals surface area contributed by atoms with Gasteiger partial charge in [0, 0.05) is 31.7 Å². The lowest BCUT2D eigenvalue weighted by Gasteiger charge is -2.35. The maximum Gasteiger partial charge on any atom is 0.417 e. The monoisotopic (exact) mass is 454 g/mol. The van der Waals surface area contributed by atoms with Gasteiger partial charge in [-0.25, -0.2) is 4.39 Å². The van der Waals surface area contributed by atoms with Crippen molar-refractivity contribution in [2.24, 2.45) is 0 Å². The minimum absolute atomic E-state index is 0.263. The maximum atomic E-state index is 13.2. The van der Waals surface area contributed by atoms with Gasteiger partial charge in [0.05, 0.1) is 11.1 Å². The molecule has 0 atom stereocenters. The number of benzene rings is 2. The molecule has 33 heavy (non-hydrogen) atoms. The van der Waals surface area contributed by atoms with E-state index in [0.717, 1.165) is 6.07 Å². The summed E-state index contributed by atoms with van der Waals surface area (Å²) in [5, 5.41) is 8.25. The number of hydrogen-bond donors (Lipinski definition) is 0. The van der Waals surface area contributed by atoms with Crippen LogP contribution in [-0.2, 0) is 6.18 Å². The SMILES string of the molecule is O=C(c1ccccc1C(F)(F)F)N1CCN(c2ccc(C#Cc3ccc(F)cc3)nn2)CC1. The third-order valence-corrected chi connectivity index (χ3v) is 5.18. The number of anilines is 1. The minimum Gasteiger partial charge on any atom is -0.352 e. The molecule has 2 aromatic carbocycles. The van der Waals surface area contributed by atoms with Gasteiger partial charge in [-0.05, 0) is 54.5 Å². The largest absolute Gasteiger partial charge is 0.417 e. The number of halogens is 4. The first-order valence-corrected chi connectivity index (χ1v) is 10.1. The summed E-state index contributed by atoms with van der Waals surface area (Å²) in [5.41, 5.74) is -0.182. The van der Waals surface area contributed by atoms with Crippen LogP contribution in [0.4, 0.5) is 23.4 Å². The van der Waals surface area contributed by atoms with Crippen LogP contribution in [0.1, 0.15) is 27.2 Å². The molecule has 3 aromatic rings. The van der Waals surface area contributed by atoms with Crippen molar-refractivity contribution >= 4 is 11.7 Å². The van der Waals surface area contributed by atoms with E-state index in [-0.39, 0.29) is 24.5 Å². The van der Waals surface area contributed by atoms with Gasteiger partial charge in [0.15, 0.2) is 5.82 Å². The molecule has 1 aliphatic rings. The predicted octanol–water partition coefficient (Wildman–Crippen LogP) is 4.00. The topological polar surface area (TPSA) is 49.3 Å². The molecule has 0 bridgehead atoms. The molecule has 1 aliphatic heterocycles. The van der Waals surface area contributed by atoms with E-state index in [1.54, 1.807) is 24.3 Å². The van der Waals surface area contributed by atoms with Gasteiger partial charge in [0.2, 0.25) is 0 Å². The third-order valence-electron chi connectivity index (χ3n) is 5.18. The number of nitrogens with zero attached hydrogens (tertiary/aromatic N) is 4. The van der Waals surface area contributed by atoms with Crippen molar-refractivity contribution in [3.05, 3.63) is 88.9 Å². The number of alkyl halides is 3. The van der Waals surface area contributed by atoms with Crippen molar-refractivity contribution in [2.45, 2.75) is 6.18 Å². The Morgan fingerprint density at radius 3 is 2.18 bits per heavy atom. The molecule has 1 amide bonds. The molecule has 9 heteroatoms. The standard InChI is InChI=1S/C24H18F4N4O/c25-18-8-5-17(6-9-18)7-10-19-11-12-22(30-29-19)31-13-15-32(16-14-31)23(33)20-3-1-2-4-21(20)24(26,27)28/h1-6,8-9,11-12H,13-16H2. The fraction of sp³-hybridized carbons (Fsp3) is 0.208. The fourth-order valence-electron chi connectivity index (χ4n) is 3.46. The highest BCUT2D eigenvalue weighted by Gasteiger charge is 2.36. The summed E-state index contributed by atoms with van der Waals surface area (Å²) in [5.74, 6) is 5.35. The lowest BCUT2D eigenvalue weighted by Crippen LogP contribution is -2.49. The first-order valence-electron chi connectivity index (χ1n) is 10.1. The Bertz CT molecular complexity index is 1190. The average molecular weight is 454 g/mol. The zero-order valence-corrected chi connectivity index (χ0v) is 17.3. The number of rotatable bonds is 2. The smallest absolute Gasteiger partial charge is 0.352 e. The molecule has 1 saturated heterocycles. The van der Waals surface area contributed by atoms with E-state index in [1.807, 2.05) is 4.90 Å². The van der Waals surface area contributed by atoms with Crippen LogP contribution < -0.4 is 4.90 Å². The third kappa shape index (κ3) is 5.29. The van der Waals surface area contributed by atoms with Crippen LogP contribution in [0.25, 0.3) is 0 Å². The molecule has 4 rings (SSSR count). The zero-order valence-electron chi connectivity index (χ0n) is 17.3. The van der Waals surface area contributed by atoms with Crippen molar-refractivity contribution in [1.82, 2.24) is 15.1 Å². The van der Waals surface area contributed by atoms with Crippen molar-refractivity contribution in [3.63, 3.8) is 0 Å². The molecule has 5 nitrogen and oxygen atoms in total. The van der Waals surface area contributed by atoms with Crippen LogP contribution in [-0.4, -0.2) is 47.2 Å². The number of hydrogen-bond acceptors (Lipinski definition) is 4. The summed E-state index contributed by atoms with van der Waals surface area (Å²) in [4.78, 5) is 16.0. The molecular formula is C24H18F4N4O. The van der Waals surface area contributed by atoms with E-state index in [2.05, 4.69) is 22.0 Å². The van der Waals surface area contributed by atoms with E-state index in [1.165, 1.54) is 35.2 Å². The molecule has 2 heterocycles. The zero-order chi connectivity index (χ0) is 23.4. The highest BCUT2D eigenvalue weighted by molar-refractivity contribution is 5.96. The molecule has 0 N–H and O–H groups in total. The number of aromatic nitrogens is 2. The first kappa shape index (κ1) is 22.3. The summed E-state index contributed by atoms with van der Waals surface area (Å²) in [6.07, 6.45) is -4.59. The van der Waals surface area contributed by atoms with Crippen molar-refractivity contribution < 1.29 is 22.4 Å². The van der Waals surface area contributed by atoms with Gasteiger partial charge in [-0.1, -0.05) is 18.1 Å². The molecule has 0 unspecified atom stereocenters. The molecule has 0 aliphatic carbocycles. The fourth-order valence-corrected chi connectivity index (χ4v) is 3.46. The molecule has 1 aromatic heterocycles. The Labute approximate surface area is 187 Å². The molecule has 0 saturated carbocycles. The Morgan fingerprint density at radius 2 is 1.55 bits per heavy atom. The molecule has 168 valence electrons. The van der Waals surface area contributed by atoms with Crippen LogP contribution >= 0.6 is 0 Å². The number of amides is 1. The lowest BCUT2D eigenvalue weighted by atomic mass is 10.1. The van der Waals surface area contributed by atoms with Crippen molar-refractivity contribution in [2.75, 3.05) is 31.1 Å². The normalized spacial score (nSPS) is 13.9. The van der Waals surface area contributed by atoms with Crippen LogP contribution in [0, 0.1) is 17.7 Å². The maximum absolute atomic E-state index is 13.2. The van der Waals surface area contributed by atoms with E-state index >= 15 is 0 Å². The van der Waals surface area contributed by atoms with Crippen LogP contribution in [0.5, 0.6) is 0 Å². The van der Waals surface area contributed by atoms with Crippen LogP contribution in [0.15, 0.2) is 60.7 Å². The summed E-state index contributed by atoms with van der Waals surface area (Å²) in [6.45, 7) is 1.35. The van der Waals surface area contributed by atoms with Gasteiger partial charge in [-0.15, -0.1) is 10.2 Å². The van der Waals surface area contributed by atoms with Crippen LogP contribution in [0.3, 0.4) is 0 Å². The second-order valence-electron chi connectivity index (χ2n) is 7.36. The molecule has 0 spiro atoms. The van der Waals surface area contributed by atoms with Gasteiger partial charge >= 0.3 is 6.18 Å². The minimum atomic E-state index is -4.59. The number of carbonyl (C=O) groups excluding carboxylic acids is 1. The summed E-state index contributed by atoms with van der Waals surface area (Å²) in [7, 11) is 0. The van der Waals surface area contributed by atoms with E-state index < -0.39 is 17.6 Å². The van der Waals surface area contributed by atoms with Gasteiger partial charge in [0.25, 0.3) is 5.91 Å². The second-order valence-corrected chi connectivity index (χ2v) is 7.36. The van der Waals surface area contributed by atoms with Crippen molar-refractivity contribution in [1.29, 1.82) is 0 Å².